The number of nitrogens with zero attached hydrogens (tertiary/aromatic N) is 4. The highest BCUT2D eigenvalue weighted by molar-refractivity contribution is 5.62. The first-order chi connectivity index (χ1) is 12.8. The van der Waals surface area contributed by atoms with E-state index >= 15 is 0 Å². The van der Waals surface area contributed by atoms with Crippen molar-refractivity contribution in [2.45, 2.75) is 57.3 Å². The predicted molar refractivity (Wildman–Crippen MR) is 94.8 cm³/mol. The summed E-state index contributed by atoms with van der Waals surface area (Å²) in [6.07, 6.45) is 3.18. The lowest BCUT2D eigenvalue weighted by Gasteiger charge is -2.14. The summed E-state index contributed by atoms with van der Waals surface area (Å²) in [5, 5.41) is 8.81. The molecule has 2 bridgehead atoms. The van der Waals surface area contributed by atoms with Gasteiger partial charge in [-0.3, -0.25) is 0 Å². The van der Waals surface area contributed by atoms with Gasteiger partial charge in [0.15, 0.2) is 5.82 Å². The standard InChI is InChI=1S/C20H20F2N4O/c1-20(2,3)19-23-18(25-27-19)16-15-10-4-5-11(8-10)17(15)26(24-16)14-7-6-12(21)9-13(14)22/h6-7,9-11H,4-5,8H2,1-3H3/t10-,11+/m0/s1. The third-order valence-corrected chi connectivity index (χ3v) is 5.60. The molecular formula is C20H20F2N4O. The monoisotopic (exact) mass is 370 g/mol. The smallest absolute Gasteiger partial charge is 0.232 e. The largest absolute Gasteiger partial charge is 0.338 e. The molecule has 2 aliphatic carbocycles. The van der Waals surface area contributed by atoms with Crippen LogP contribution in [0.5, 0.6) is 0 Å². The number of fused-ring (bicyclic) bond motifs is 5. The molecule has 1 saturated carbocycles. The van der Waals surface area contributed by atoms with Crippen molar-refractivity contribution in [3.8, 4) is 17.2 Å². The van der Waals surface area contributed by atoms with Gasteiger partial charge in [-0.1, -0.05) is 25.9 Å². The summed E-state index contributed by atoms with van der Waals surface area (Å²) in [7, 11) is 0. The Morgan fingerprint density at radius 2 is 1.93 bits per heavy atom. The van der Waals surface area contributed by atoms with Crippen LogP contribution in [-0.4, -0.2) is 19.9 Å². The molecule has 2 aromatic heterocycles. The Hall–Kier alpha value is -2.57. The van der Waals surface area contributed by atoms with Gasteiger partial charge in [0.1, 0.15) is 17.2 Å². The Labute approximate surface area is 155 Å². The van der Waals surface area contributed by atoms with Crippen LogP contribution in [0.25, 0.3) is 17.2 Å². The van der Waals surface area contributed by atoms with Gasteiger partial charge in [0.2, 0.25) is 11.7 Å². The first-order valence-electron chi connectivity index (χ1n) is 9.25. The molecule has 3 aromatic rings. The second kappa shape index (κ2) is 5.47. The van der Waals surface area contributed by atoms with E-state index in [9.17, 15) is 8.78 Å². The molecule has 0 unspecified atom stereocenters. The summed E-state index contributed by atoms with van der Waals surface area (Å²) in [6, 6.07) is 3.58. The van der Waals surface area contributed by atoms with E-state index in [1.807, 2.05) is 20.8 Å². The topological polar surface area (TPSA) is 56.7 Å². The van der Waals surface area contributed by atoms with E-state index in [1.54, 1.807) is 4.68 Å². The van der Waals surface area contributed by atoms with Crippen LogP contribution in [0.15, 0.2) is 22.7 Å². The average Bonchev–Trinajstić information content (AvgIpc) is 3.35. The van der Waals surface area contributed by atoms with Gasteiger partial charge in [-0.25, -0.2) is 13.5 Å². The van der Waals surface area contributed by atoms with Crippen LogP contribution in [-0.2, 0) is 5.41 Å². The molecule has 0 amide bonds. The molecule has 1 fully saturated rings. The normalized spacial score (nSPS) is 21.1. The molecule has 2 heterocycles. The van der Waals surface area contributed by atoms with Crippen LogP contribution >= 0.6 is 0 Å². The van der Waals surface area contributed by atoms with Gasteiger partial charge in [0, 0.05) is 23.0 Å². The molecule has 27 heavy (non-hydrogen) atoms. The van der Waals surface area contributed by atoms with Crippen LogP contribution in [0.2, 0.25) is 0 Å². The highest BCUT2D eigenvalue weighted by Gasteiger charge is 2.44. The lowest BCUT2D eigenvalue weighted by atomic mass is 9.95. The maximum Gasteiger partial charge on any atom is 0.232 e. The quantitative estimate of drug-likeness (QED) is 0.646. The zero-order valence-electron chi connectivity index (χ0n) is 15.5. The second-order valence-electron chi connectivity index (χ2n) is 8.54. The zero-order valence-corrected chi connectivity index (χ0v) is 15.5. The minimum atomic E-state index is -0.627. The van der Waals surface area contributed by atoms with Crippen molar-refractivity contribution < 1.29 is 13.3 Å². The summed E-state index contributed by atoms with van der Waals surface area (Å²) in [4.78, 5) is 4.55. The SMILES string of the molecule is CC(C)(C)c1nc(-c2nn(-c3ccc(F)cc3F)c3c2[C@H]2CC[C@@H]3C2)no1. The van der Waals surface area contributed by atoms with Gasteiger partial charge in [0.05, 0.1) is 5.69 Å². The summed E-state index contributed by atoms with van der Waals surface area (Å²) < 4.78 is 34.9. The second-order valence-corrected chi connectivity index (χ2v) is 8.54. The fourth-order valence-electron chi connectivity index (χ4n) is 4.36. The van der Waals surface area contributed by atoms with E-state index in [1.165, 1.54) is 12.1 Å². The number of aromatic nitrogens is 4. The van der Waals surface area contributed by atoms with E-state index < -0.39 is 11.6 Å². The van der Waals surface area contributed by atoms with Gasteiger partial charge in [-0.15, -0.1) is 0 Å². The van der Waals surface area contributed by atoms with Crippen molar-refractivity contribution in [3.05, 3.63) is 47.0 Å². The highest BCUT2D eigenvalue weighted by Crippen LogP contribution is 2.56. The Balaban J connectivity index is 1.70. The van der Waals surface area contributed by atoms with E-state index in [0.29, 0.717) is 29.2 Å². The van der Waals surface area contributed by atoms with E-state index in [2.05, 4.69) is 15.2 Å². The first-order valence-corrected chi connectivity index (χ1v) is 9.25. The third-order valence-electron chi connectivity index (χ3n) is 5.60. The van der Waals surface area contributed by atoms with Crippen LogP contribution in [0, 0.1) is 11.6 Å². The number of halogens is 2. The summed E-state index contributed by atoms with van der Waals surface area (Å²) >= 11 is 0. The lowest BCUT2D eigenvalue weighted by Crippen LogP contribution is -2.11. The molecule has 5 nitrogen and oxygen atoms in total. The molecule has 0 spiro atoms. The molecule has 1 aromatic carbocycles. The number of hydrogen-bond acceptors (Lipinski definition) is 4. The zero-order chi connectivity index (χ0) is 18.9. The molecule has 2 aliphatic rings. The van der Waals surface area contributed by atoms with Crippen LogP contribution < -0.4 is 0 Å². The Morgan fingerprint density at radius 1 is 1.15 bits per heavy atom. The highest BCUT2D eigenvalue weighted by atomic mass is 19.1. The van der Waals surface area contributed by atoms with Gasteiger partial charge in [-0.05, 0) is 37.3 Å². The van der Waals surface area contributed by atoms with Gasteiger partial charge in [-0.2, -0.15) is 10.1 Å². The Bertz CT molecular complexity index is 1050. The average molecular weight is 370 g/mol. The van der Waals surface area contributed by atoms with Gasteiger partial charge >= 0.3 is 0 Å². The van der Waals surface area contributed by atoms with E-state index in [-0.39, 0.29) is 11.1 Å². The summed E-state index contributed by atoms with van der Waals surface area (Å²) in [5.74, 6) is 0.466. The molecule has 0 N–H and O–H groups in total. The van der Waals surface area contributed by atoms with Crippen LogP contribution in [0.1, 0.15) is 69.0 Å². The maximum atomic E-state index is 14.5. The van der Waals surface area contributed by atoms with Crippen LogP contribution in [0.4, 0.5) is 8.78 Å². The third kappa shape index (κ3) is 2.44. The molecular weight excluding hydrogens is 350 g/mol. The first kappa shape index (κ1) is 16.6. The molecule has 0 aliphatic heterocycles. The Kier molecular flexibility index (Phi) is 3.36. The minimum absolute atomic E-state index is 0.256. The molecule has 0 saturated heterocycles. The van der Waals surface area contributed by atoms with E-state index in [4.69, 9.17) is 4.52 Å². The van der Waals surface area contributed by atoms with Crippen molar-refractivity contribution in [1.29, 1.82) is 0 Å². The van der Waals surface area contributed by atoms with Crippen LogP contribution in [0.3, 0.4) is 0 Å². The minimum Gasteiger partial charge on any atom is -0.338 e. The summed E-state index contributed by atoms with van der Waals surface area (Å²) in [5.41, 5.74) is 2.75. The fourth-order valence-corrected chi connectivity index (χ4v) is 4.36. The Morgan fingerprint density at radius 3 is 2.63 bits per heavy atom. The van der Waals surface area contributed by atoms with Gasteiger partial charge < -0.3 is 4.52 Å². The van der Waals surface area contributed by atoms with Crippen molar-refractivity contribution >= 4 is 0 Å². The molecule has 0 radical (unpaired) electrons. The predicted octanol–water partition coefficient (Wildman–Crippen LogP) is 4.86. The molecule has 140 valence electrons. The number of hydrogen-bond donors (Lipinski definition) is 0. The molecule has 5 rings (SSSR count). The molecule has 7 heteroatoms. The number of benzene rings is 1. The maximum absolute atomic E-state index is 14.5. The summed E-state index contributed by atoms with van der Waals surface area (Å²) in [6.45, 7) is 6.01. The molecule has 2 atom stereocenters. The number of rotatable bonds is 2. The van der Waals surface area contributed by atoms with Crippen molar-refractivity contribution in [3.63, 3.8) is 0 Å². The lowest BCUT2D eigenvalue weighted by molar-refractivity contribution is 0.321. The fraction of sp³-hybridized carbons (Fsp3) is 0.450. The van der Waals surface area contributed by atoms with E-state index in [0.717, 1.165) is 36.6 Å². The van der Waals surface area contributed by atoms with Crippen molar-refractivity contribution in [2.24, 2.45) is 0 Å². The van der Waals surface area contributed by atoms with Gasteiger partial charge in [0.25, 0.3) is 0 Å². The van der Waals surface area contributed by atoms with Crippen molar-refractivity contribution in [2.75, 3.05) is 0 Å². The van der Waals surface area contributed by atoms with Crippen molar-refractivity contribution in [1.82, 2.24) is 19.9 Å².